The zero-order valence-electron chi connectivity index (χ0n) is 11.9. The molecule has 0 atom stereocenters. The standard InChI is InChI=1S/C15H21ClO3/c1-10(2)18-12-5-6-13(14(17)7-8-16)15(9-12)19-11(3)4/h5-6,9-11H,7-8H2,1-4H3. The second-order valence-corrected chi connectivity index (χ2v) is 5.23. The van der Waals surface area contributed by atoms with E-state index in [9.17, 15) is 4.79 Å². The van der Waals surface area contributed by atoms with Gasteiger partial charge in [-0.2, -0.15) is 0 Å². The summed E-state index contributed by atoms with van der Waals surface area (Å²) in [7, 11) is 0. The molecule has 106 valence electrons. The number of ether oxygens (including phenoxy) is 2. The third kappa shape index (κ3) is 5.11. The van der Waals surface area contributed by atoms with E-state index in [1.165, 1.54) is 0 Å². The molecule has 0 aliphatic heterocycles. The molecule has 1 aromatic carbocycles. The van der Waals surface area contributed by atoms with E-state index in [-0.39, 0.29) is 18.0 Å². The van der Waals surface area contributed by atoms with Crippen LogP contribution in [0, 0.1) is 0 Å². The molecule has 0 spiro atoms. The lowest BCUT2D eigenvalue weighted by Gasteiger charge is -2.16. The van der Waals surface area contributed by atoms with Gasteiger partial charge in [-0.3, -0.25) is 4.79 Å². The lowest BCUT2D eigenvalue weighted by Crippen LogP contribution is -2.12. The highest BCUT2D eigenvalue weighted by Crippen LogP contribution is 2.27. The van der Waals surface area contributed by atoms with Crippen LogP contribution >= 0.6 is 11.6 Å². The minimum atomic E-state index is -0.0123. The molecule has 0 fully saturated rings. The minimum absolute atomic E-state index is 0.00292. The number of carbonyl (C=O) groups excluding carboxylic acids is 1. The smallest absolute Gasteiger partial charge is 0.167 e. The molecule has 3 nitrogen and oxygen atoms in total. The van der Waals surface area contributed by atoms with E-state index in [0.29, 0.717) is 29.4 Å². The third-order valence-corrected chi connectivity index (χ3v) is 2.50. The van der Waals surface area contributed by atoms with Crippen LogP contribution < -0.4 is 9.47 Å². The Labute approximate surface area is 119 Å². The molecule has 0 saturated carbocycles. The first-order valence-corrected chi connectivity index (χ1v) is 7.04. The lowest BCUT2D eigenvalue weighted by molar-refractivity contribution is 0.0983. The van der Waals surface area contributed by atoms with Crippen molar-refractivity contribution in [1.29, 1.82) is 0 Å². The zero-order valence-corrected chi connectivity index (χ0v) is 12.7. The zero-order chi connectivity index (χ0) is 14.4. The average Bonchev–Trinajstić information content (AvgIpc) is 2.27. The third-order valence-electron chi connectivity index (χ3n) is 2.31. The summed E-state index contributed by atoms with van der Waals surface area (Å²) >= 11 is 5.62. The largest absolute Gasteiger partial charge is 0.491 e. The minimum Gasteiger partial charge on any atom is -0.491 e. The van der Waals surface area contributed by atoms with E-state index in [2.05, 4.69) is 0 Å². The van der Waals surface area contributed by atoms with Gasteiger partial charge in [-0.15, -0.1) is 11.6 Å². The molecule has 1 rings (SSSR count). The van der Waals surface area contributed by atoms with Crippen LogP contribution in [0.15, 0.2) is 18.2 Å². The SMILES string of the molecule is CC(C)Oc1ccc(C(=O)CCCl)c(OC(C)C)c1. The van der Waals surface area contributed by atoms with Crippen LogP contribution in [0.5, 0.6) is 11.5 Å². The fourth-order valence-corrected chi connectivity index (χ4v) is 1.82. The Balaban J connectivity index is 3.05. The first-order valence-electron chi connectivity index (χ1n) is 6.50. The molecule has 0 bridgehead atoms. The van der Waals surface area contributed by atoms with Crippen molar-refractivity contribution in [3.63, 3.8) is 0 Å². The van der Waals surface area contributed by atoms with Crippen LogP contribution in [0.4, 0.5) is 0 Å². The molecule has 1 aromatic rings. The topological polar surface area (TPSA) is 35.5 Å². The predicted octanol–water partition coefficient (Wildman–Crippen LogP) is 4.07. The Morgan fingerprint density at radius 2 is 1.79 bits per heavy atom. The number of ketones is 1. The fourth-order valence-electron chi connectivity index (χ4n) is 1.65. The molecule has 0 aliphatic carbocycles. The summed E-state index contributed by atoms with van der Waals surface area (Å²) in [6, 6.07) is 5.29. The van der Waals surface area contributed by atoms with Gasteiger partial charge in [0, 0.05) is 18.4 Å². The molecular formula is C15H21ClO3. The van der Waals surface area contributed by atoms with Gasteiger partial charge in [-0.1, -0.05) is 0 Å². The number of rotatable bonds is 7. The van der Waals surface area contributed by atoms with E-state index in [0.717, 1.165) is 0 Å². The van der Waals surface area contributed by atoms with Gasteiger partial charge in [0.15, 0.2) is 5.78 Å². The highest BCUT2D eigenvalue weighted by Gasteiger charge is 2.15. The van der Waals surface area contributed by atoms with Crippen LogP contribution in [0.25, 0.3) is 0 Å². The number of halogens is 1. The highest BCUT2D eigenvalue weighted by atomic mass is 35.5. The van der Waals surface area contributed by atoms with Crippen molar-refractivity contribution >= 4 is 17.4 Å². The summed E-state index contributed by atoms with van der Waals surface area (Å²) < 4.78 is 11.3. The van der Waals surface area contributed by atoms with E-state index in [1.807, 2.05) is 27.7 Å². The molecule has 0 saturated heterocycles. The van der Waals surface area contributed by atoms with Gasteiger partial charge < -0.3 is 9.47 Å². The van der Waals surface area contributed by atoms with E-state index >= 15 is 0 Å². The quantitative estimate of drug-likeness (QED) is 0.559. The molecule has 19 heavy (non-hydrogen) atoms. The summed E-state index contributed by atoms with van der Waals surface area (Å²) in [5, 5.41) is 0. The Kier molecular flexibility index (Phi) is 6.16. The predicted molar refractivity (Wildman–Crippen MR) is 77.6 cm³/mol. The summed E-state index contributed by atoms with van der Waals surface area (Å²) in [5.74, 6) is 1.56. The molecule has 0 aromatic heterocycles. The first kappa shape index (κ1) is 15.8. The molecule has 0 aliphatic rings. The molecular weight excluding hydrogens is 264 g/mol. The number of benzene rings is 1. The van der Waals surface area contributed by atoms with E-state index < -0.39 is 0 Å². The van der Waals surface area contributed by atoms with Gasteiger partial charge in [-0.25, -0.2) is 0 Å². The van der Waals surface area contributed by atoms with Gasteiger partial charge in [0.25, 0.3) is 0 Å². The number of hydrogen-bond acceptors (Lipinski definition) is 3. The van der Waals surface area contributed by atoms with Crippen LogP contribution in [-0.4, -0.2) is 23.9 Å². The van der Waals surface area contributed by atoms with E-state index in [4.69, 9.17) is 21.1 Å². The lowest BCUT2D eigenvalue weighted by atomic mass is 10.1. The Morgan fingerprint density at radius 1 is 1.16 bits per heavy atom. The normalized spacial score (nSPS) is 10.9. The number of carbonyl (C=O) groups is 1. The van der Waals surface area contributed by atoms with Crippen molar-refractivity contribution in [2.45, 2.75) is 46.3 Å². The Hall–Kier alpha value is -1.22. The Morgan fingerprint density at radius 3 is 2.32 bits per heavy atom. The number of hydrogen-bond donors (Lipinski definition) is 0. The maximum Gasteiger partial charge on any atom is 0.167 e. The van der Waals surface area contributed by atoms with E-state index in [1.54, 1.807) is 18.2 Å². The van der Waals surface area contributed by atoms with Crippen LogP contribution in [0.1, 0.15) is 44.5 Å². The molecule has 4 heteroatoms. The maximum atomic E-state index is 12.0. The second-order valence-electron chi connectivity index (χ2n) is 4.85. The van der Waals surface area contributed by atoms with Gasteiger partial charge in [0.1, 0.15) is 11.5 Å². The van der Waals surface area contributed by atoms with Gasteiger partial charge in [0.2, 0.25) is 0 Å². The second kappa shape index (κ2) is 7.39. The summed E-state index contributed by atoms with van der Waals surface area (Å²) in [6.45, 7) is 7.75. The van der Waals surface area contributed by atoms with Gasteiger partial charge >= 0.3 is 0 Å². The molecule has 0 heterocycles. The van der Waals surface area contributed by atoms with Crippen LogP contribution in [0.2, 0.25) is 0 Å². The Bertz CT molecular complexity index is 427. The van der Waals surface area contributed by atoms with Gasteiger partial charge in [-0.05, 0) is 39.8 Å². The first-order chi connectivity index (χ1) is 8.93. The number of alkyl halides is 1. The average molecular weight is 285 g/mol. The monoisotopic (exact) mass is 284 g/mol. The van der Waals surface area contributed by atoms with Crippen molar-refractivity contribution in [2.75, 3.05) is 5.88 Å². The fraction of sp³-hybridized carbons (Fsp3) is 0.533. The maximum absolute atomic E-state index is 12.0. The summed E-state index contributed by atoms with van der Waals surface area (Å²) in [6.07, 6.45) is 0.383. The highest BCUT2D eigenvalue weighted by molar-refractivity contribution is 6.19. The molecule has 0 N–H and O–H groups in total. The number of Topliss-reactive ketones (excluding diaryl/α,β-unsaturated/α-hetero) is 1. The summed E-state index contributed by atoms with van der Waals surface area (Å²) in [4.78, 5) is 12.0. The summed E-state index contributed by atoms with van der Waals surface area (Å²) in [5.41, 5.74) is 0.561. The molecule has 0 radical (unpaired) electrons. The van der Waals surface area contributed by atoms with Crippen molar-refractivity contribution in [3.05, 3.63) is 23.8 Å². The van der Waals surface area contributed by atoms with Gasteiger partial charge in [0.05, 0.1) is 17.8 Å². The van der Waals surface area contributed by atoms with Crippen LogP contribution in [-0.2, 0) is 0 Å². The van der Waals surface area contributed by atoms with Crippen molar-refractivity contribution in [1.82, 2.24) is 0 Å². The van der Waals surface area contributed by atoms with Crippen molar-refractivity contribution in [2.24, 2.45) is 0 Å². The molecule has 0 unspecified atom stereocenters. The van der Waals surface area contributed by atoms with Crippen LogP contribution in [0.3, 0.4) is 0 Å². The molecule has 0 amide bonds. The van der Waals surface area contributed by atoms with Crippen molar-refractivity contribution in [3.8, 4) is 11.5 Å². The van der Waals surface area contributed by atoms with Crippen molar-refractivity contribution < 1.29 is 14.3 Å².